The van der Waals surface area contributed by atoms with Gasteiger partial charge >= 0.3 is 0 Å². The van der Waals surface area contributed by atoms with Crippen LogP contribution in [-0.2, 0) is 13.1 Å². The molecule has 1 aromatic carbocycles. The van der Waals surface area contributed by atoms with Gasteiger partial charge in [-0.05, 0) is 18.1 Å². The number of benzene rings is 1. The first-order valence-electron chi connectivity index (χ1n) is 7.27. The number of rotatable bonds is 3. The molecule has 21 heavy (non-hydrogen) atoms. The molecule has 0 radical (unpaired) electrons. The lowest BCUT2D eigenvalue weighted by atomic mass is 10.1. The number of nitrogens with one attached hydrogen (secondary N) is 1. The van der Waals surface area contributed by atoms with Gasteiger partial charge in [0.2, 0.25) is 0 Å². The van der Waals surface area contributed by atoms with E-state index in [4.69, 9.17) is 10.8 Å². The molecule has 0 bridgehead atoms. The maximum atomic E-state index is 5.61. The van der Waals surface area contributed by atoms with Crippen LogP contribution in [0.4, 0.5) is 11.6 Å². The quantitative estimate of drug-likeness (QED) is 0.669. The number of hydrazine groups is 1. The lowest BCUT2D eigenvalue weighted by Gasteiger charge is -2.22. The first kappa shape index (κ1) is 13.8. The van der Waals surface area contributed by atoms with Crippen LogP contribution < -0.4 is 16.2 Å². The minimum atomic E-state index is 0.265. The van der Waals surface area contributed by atoms with Gasteiger partial charge in [-0.2, -0.15) is 0 Å². The zero-order chi connectivity index (χ0) is 15.0. The van der Waals surface area contributed by atoms with Gasteiger partial charge in [0.25, 0.3) is 0 Å². The van der Waals surface area contributed by atoms with Crippen LogP contribution in [0, 0.1) is 6.92 Å². The number of nitrogen functional groups attached to an aromatic ring is 1. The van der Waals surface area contributed by atoms with Gasteiger partial charge in [0.05, 0.1) is 0 Å². The van der Waals surface area contributed by atoms with Gasteiger partial charge in [-0.15, -0.1) is 0 Å². The molecule has 2 heterocycles. The summed E-state index contributed by atoms with van der Waals surface area (Å²) in [6.07, 6.45) is 0. The van der Waals surface area contributed by atoms with Crippen LogP contribution in [-0.4, -0.2) is 9.97 Å². The van der Waals surface area contributed by atoms with Gasteiger partial charge in [-0.25, -0.2) is 15.8 Å². The molecular weight excluding hydrogens is 262 g/mol. The molecule has 1 aliphatic rings. The summed E-state index contributed by atoms with van der Waals surface area (Å²) in [7, 11) is 0. The monoisotopic (exact) mass is 283 g/mol. The van der Waals surface area contributed by atoms with Gasteiger partial charge in [-0.1, -0.05) is 38.1 Å². The van der Waals surface area contributed by atoms with Crippen LogP contribution in [0.5, 0.6) is 0 Å². The normalized spacial score (nSPS) is 13.7. The van der Waals surface area contributed by atoms with Gasteiger partial charge in [0.15, 0.2) is 0 Å². The smallest absolute Gasteiger partial charge is 0.148 e. The fourth-order valence-corrected chi connectivity index (χ4v) is 2.71. The molecule has 1 aliphatic heterocycles. The zero-order valence-corrected chi connectivity index (χ0v) is 12.7. The highest BCUT2D eigenvalue weighted by atomic mass is 15.3. The summed E-state index contributed by atoms with van der Waals surface area (Å²) in [4.78, 5) is 11.5. The van der Waals surface area contributed by atoms with E-state index in [2.05, 4.69) is 53.4 Å². The van der Waals surface area contributed by atoms with Crippen molar-refractivity contribution in [2.75, 3.05) is 10.3 Å². The summed E-state index contributed by atoms with van der Waals surface area (Å²) in [6, 6.07) is 8.53. The largest absolute Gasteiger partial charge is 0.348 e. The Balaban J connectivity index is 2.01. The molecule has 0 atom stereocenters. The van der Waals surface area contributed by atoms with Crippen LogP contribution in [0.3, 0.4) is 0 Å². The minimum absolute atomic E-state index is 0.265. The van der Waals surface area contributed by atoms with Crippen LogP contribution in [0.25, 0.3) is 0 Å². The van der Waals surface area contributed by atoms with E-state index in [-0.39, 0.29) is 5.92 Å². The van der Waals surface area contributed by atoms with E-state index >= 15 is 0 Å². The molecule has 5 heteroatoms. The van der Waals surface area contributed by atoms with Crippen LogP contribution in [0.2, 0.25) is 0 Å². The van der Waals surface area contributed by atoms with Crippen molar-refractivity contribution in [2.45, 2.75) is 39.8 Å². The average molecular weight is 283 g/mol. The number of hydrogen-bond donors (Lipinski definition) is 2. The molecule has 0 unspecified atom stereocenters. The highest BCUT2D eigenvalue weighted by Gasteiger charge is 2.23. The van der Waals surface area contributed by atoms with Crippen molar-refractivity contribution in [3.05, 3.63) is 46.8 Å². The molecule has 3 rings (SSSR count). The van der Waals surface area contributed by atoms with E-state index in [0.717, 1.165) is 30.3 Å². The molecule has 0 aliphatic carbocycles. The van der Waals surface area contributed by atoms with Crippen molar-refractivity contribution >= 4 is 11.6 Å². The van der Waals surface area contributed by atoms with Crippen molar-refractivity contribution in [3.8, 4) is 0 Å². The summed E-state index contributed by atoms with van der Waals surface area (Å²) >= 11 is 0. The Morgan fingerprint density at radius 2 is 1.76 bits per heavy atom. The number of nitrogens with zero attached hydrogens (tertiary/aromatic N) is 3. The van der Waals surface area contributed by atoms with Gasteiger partial charge < -0.3 is 10.3 Å². The fourth-order valence-electron chi connectivity index (χ4n) is 2.71. The second kappa shape index (κ2) is 5.33. The Hall–Kier alpha value is -2.14. The first-order valence-corrected chi connectivity index (χ1v) is 7.27. The molecular formula is C16H21N5. The second-order valence-electron chi connectivity index (χ2n) is 5.80. The van der Waals surface area contributed by atoms with Crippen molar-refractivity contribution in [1.82, 2.24) is 9.97 Å². The third-order valence-electron chi connectivity index (χ3n) is 3.93. The van der Waals surface area contributed by atoms with Gasteiger partial charge in [0, 0.05) is 24.6 Å². The maximum absolute atomic E-state index is 5.61. The number of hydrogen-bond acceptors (Lipinski definition) is 5. The van der Waals surface area contributed by atoms with E-state index in [1.807, 2.05) is 6.92 Å². The number of fused-ring (bicyclic) bond motifs is 1. The molecule has 5 nitrogen and oxygen atoms in total. The Morgan fingerprint density at radius 1 is 1.14 bits per heavy atom. The van der Waals surface area contributed by atoms with Crippen LogP contribution in [0.15, 0.2) is 24.3 Å². The standard InChI is InChI=1S/C16H21N5/c1-10(2)14-18-15(20-17)11(3)16(19-14)21-8-12-6-4-5-7-13(12)9-21/h4-7,10H,8-9,17H2,1-3H3,(H,18,19,20). The fraction of sp³-hybridized carbons (Fsp3) is 0.375. The minimum Gasteiger partial charge on any atom is -0.348 e. The average Bonchev–Trinajstić information content (AvgIpc) is 2.90. The van der Waals surface area contributed by atoms with Crippen molar-refractivity contribution in [3.63, 3.8) is 0 Å². The van der Waals surface area contributed by atoms with Crippen molar-refractivity contribution < 1.29 is 0 Å². The number of anilines is 2. The first-order chi connectivity index (χ1) is 10.1. The zero-order valence-electron chi connectivity index (χ0n) is 12.7. The predicted octanol–water partition coefficient (Wildman–Crippen LogP) is 2.71. The Kier molecular flexibility index (Phi) is 3.51. The predicted molar refractivity (Wildman–Crippen MR) is 85.0 cm³/mol. The molecule has 0 fully saturated rings. The van der Waals surface area contributed by atoms with Crippen molar-refractivity contribution in [1.29, 1.82) is 0 Å². The van der Waals surface area contributed by atoms with Crippen LogP contribution >= 0.6 is 0 Å². The molecule has 2 aromatic rings. The van der Waals surface area contributed by atoms with E-state index in [1.54, 1.807) is 0 Å². The van der Waals surface area contributed by atoms with Gasteiger partial charge in [0.1, 0.15) is 17.5 Å². The van der Waals surface area contributed by atoms with Crippen LogP contribution in [0.1, 0.15) is 42.3 Å². The highest BCUT2D eigenvalue weighted by molar-refractivity contribution is 5.60. The molecule has 3 N–H and O–H groups in total. The summed E-state index contributed by atoms with van der Waals surface area (Å²) in [5.74, 6) is 8.38. The van der Waals surface area contributed by atoms with E-state index in [1.165, 1.54) is 11.1 Å². The Bertz CT molecular complexity index is 641. The maximum Gasteiger partial charge on any atom is 0.148 e. The third-order valence-corrected chi connectivity index (χ3v) is 3.93. The number of aromatic nitrogens is 2. The summed E-state index contributed by atoms with van der Waals surface area (Å²) in [5.41, 5.74) is 6.42. The summed E-state index contributed by atoms with van der Waals surface area (Å²) < 4.78 is 0. The molecule has 110 valence electrons. The lowest BCUT2D eigenvalue weighted by molar-refractivity contribution is 0.752. The van der Waals surface area contributed by atoms with E-state index < -0.39 is 0 Å². The molecule has 0 saturated heterocycles. The highest BCUT2D eigenvalue weighted by Crippen LogP contribution is 2.32. The van der Waals surface area contributed by atoms with E-state index in [0.29, 0.717) is 5.82 Å². The SMILES string of the molecule is Cc1c(NN)nc(C(C)C)nc1N1Cc2ccccc2C1. The summed E-state index contributed by atoms with van der Waals surface area (Å²) in [5, 5.41) is 0. The second-order valence-corrected chi connectivity index (χ2v) is 5.80. The molecule has 0 spiro atoms. The number of nitrogens with two attached hydrogens (primary N) is 1. The third kappa shape index (κ3) is 2.45. The summed E-state index contributed by atoms with van der Waals surface area (Å²) in [6.45, 7) is 7.96. The van der Waals surface area contributed by atoms with E-state index in [9.17, 15) is 0 Å². The topological polar surface area (TPSA) is 67.1 Å². The molecule has 0 saturated carbocycles. The van der Waals surface area contributed by atoms with Crippen molar-refractivity contribution in [2.24, 2.45) is 5.84 Å². The molecule has 0 amide bonds. The Morgan fingerprint density at radius 3 is 2.29 bits per heavy atom. The van der Waals surface area contributed by atoms with Gasteiger partial charge in [-0.3, -0.25) is 0 Å². The Labute approximate surface area is 125 Å². The molecule has 1 aromatic heterocycles. The lowest BCUT2D eigenvalue weighted by Crippen LogP contribution is -2.21.